The molecular weight excluding hydrogens is 232 g/mol. The molecule has 0 saturated carbocycles. The maximum Gasteiger partial charge on any atom is 0.115 e. The number of methoxy groups -OCH3 is 1. The highest BCUT2D eigenvalue weighted by Crippen LogP contribution is 2.27. The number of hydrogen-bond acceptors (Lipinski definition) is 4. The third-order valence-electron chi connectivity index (χ3n) is 1.89. The van der Waals surface area contributed by atoms with Crippen LogP contribution in [0.15, 0.2) is 17.3 Å². The van der Waals surface area contributed by atoms with E-state index in [9.17, 15) is 0 Å². The van der Waals surface area contributed by atoms with Gasteiger partial charge in [0.2, 0.25) is 0 Å². The van der Waals surface area contributed by atoms with Gasteiger partial charge in [0.25, 0.3) is 0 Å². The van der Waals surface area contributed by atoms with Gasteiger partial charge in [-0.1, -0.05) is 11.6 Å². The Balaban J connectivity index is 2.53. The third kappa shape index (κ3) is 3.99. The van der Waals surface area contributed by atoms with Gasteiger partial charge in [-0.05, 0) is 18.1 Å². The van der Waals surface area contributed by atoms with Crippen LogP contribution in [0.1, 0.15) is 12.0 Å². The quantitative estimate of drug-likeness (QED) is 0.618. The van der Waals surface area contributed by atoms with Crippen molar-refractivity contribution >= 4 is 23.4 Å². The fraction of sp³-hybridized carbons (Fsp3) is 0.500. The molecule has 2 N–H and O–H groups in total. The smallest absolute Gasteiger partial charge is 0.115 e. The second-order valence-electron chi connectivity index (χ2n) is 2.99. The van der Waals surface area contributed by atoms with E-state index in [2.05, 4.69) is 4.98 Å². The van der Waals surface area contributed by atoms with Crippen LogP contribution in [-0.2, 0) is 11.3 Å². The van der Waals surface area contributed by atoms with Crippen LogP contribution in [0.3, 0.4) is 0 Å². The van der Waals surface area contributed by atoms with Gasteiger partial charge in [-0.15, -0.1) is 11.8 Å². The number of nitrogens with two attached hydrogens (primary N) is 1. The second kappa shape index (κ2) is 7.06. The highest BCUT2D eigenvalue weighted by molar-refractivity contribution is 7.99. The molecule has 0 aromatic carbocycles. The molecule has 1 heterocycles. The maximum atomic E-state index is 6.13. The maximum absolute atomic E-state index is 6.13. The molecule has 15 heavy (non-hydrogen) atoms. The van der Waals surface area contributed by atoms with Gasteiger partial charge in [-0.2, -0.15) is 0 Å². The molecule has 0 aliphatic heterocycles. The van der Waals surface area contributed by atoms with Gasteiger partial charge in [-0.25, -0.2) is 4.98 Å². The van der Waals surface area contributed by atoms with Crippen LogP contribution in [0.25, 0.3) is 0 Å². The fourth-order valence-electron chi connectivity index (χ4n) is 1.09. The minimum atomic E-state index is 0.451. The normalized spacial score (nSPS) is 10.6. The Bertz CT molecular complexity index is 309. The van der Waals surface area contributed by atoms with E-state index in [4.69, 9.17) is 22.1 Å². The Morgan fingerprint density at radius 3 is 3.07 bits per heavy atom. The minimum Gasteiger partial charge on any atom is -0.385 e. The van der Waals surface area contributed by atoms with Gasteiger partial charge in [0.1, 0.15) is 5.03 Å². The number of rotatable bonds is 6. The Morgan fingerprint density at radius 2 is 2.40 bits per heavy atom. The lowest BCUT2D eigenvalue weighted by Gasteiger charge is -2.06. The zero-order valence-electron chi connectivity index (χ0n) is 8.70. The van der Waals surface area contributed by atoms with Gasteiger partial charge in [0.15, 0.2) is 0 Å². The molecule has 0 amide bonds. The van der Waals surface area contributed by atoms with Gasteiger partial charge in [-0.3, -0.25) is 0 Å². The van der Waals surface area contributed by atoms with Crippen molar-refractivity contribution in [2.24, 2.45) is 5.73 Å². The van der Waals surface area contributed by atoms with E-state index in [0.29, 0.717) is 11.6 Å². The zero-order valence-corrected chi connectivity index (χ0v) is 10.3. The molecule has 5 heteroatoms. The first-order chi connectivity index (χ1) is 7.29. The predicted octanol–water partition coefficient (Wildman–Crippen LogP) is 2.32. The van der Waals surface area contributed by atoms with E-state index < -0.39 is 0 Å². The number of ether oxygens (including phenoxy) is 1. The summed E-state index contributed by atoms with van der Waals surface area (Å²) < 4.78 is 4.97. The minimum absolute atomic E-state index is 0.451. The molecule has 1 rings (SSSR count). The number of hydrogen-bond donors (Lipinski definition) is 1. The first-order valence-electron chi connectivity index (χ1n) is 4.74. The molecule has 0 radical (unpaired) electrons. The summed E-state index contributed by atoms with van der Waals surface area (Å²) in [5, 5.41) is 1.54. The van der Waals surface area contributed by atoms with Gasteiger partial charge in [0, 0.05) is 32.2 Å². The molecular formula is C10H15ClN2OS. The molecule has 0 unspecified atom stereocenters. The van der Waals surface area contributed by atoms with Crippen LogP contribution in [0, 0.1) is 0 Å². The van der Waals surface area contributed by atoms with E-state index in [-0.39, 0.29) is 0 Å². The molecule has 0 aliphatic rings. The lowest BCUT2D eigenvalue weighted by atomic mass is 10.3. The van der Waals surface area contributed by atoms with Crippen molar-refractivity contribution in [3.63, 3.8) is 0 Å². The zero-order chi connectivity index (χ0) is 11.1. The van der Waals surface area contributed by atoms with Crippen molar-refractivity contribution in [3.05, 3.63) is 22.8 Å². The van der Waals surface area contributed by atoms with Crippen molar-refractivity contribution < 1.29 is 4.74 Å². The molecule has 1 aromatic heterocycles. The van der Waals surface area contributed by atoms with E-state index in [1.165, 1.54) is 0 Å². The van der Waals surface area contributed by atoms with Gasteiger partial charge in [0.05, 0.1) is 5.02 Å². The van der Waals surface area contributed by atoms with Crippen LogP contribution >= 0.6 is 23.4 Å². The third-order valence-corrected chi connectivity index (χ3v) is 3.50. The van der Waals surface area contributed by atoms with Crippen LogP contribution in [0.2, 0.25) is 5.02 Å². The Labute approximate surface area is 99.4 Å². The van der Waals surface area contributed by atoms with Crippen molar-refractivity contribution in [2.75, 3.05) is 19.5 Å². The van der Waals surface area contributed by atoms with Crippen molar-refractivity contribution in [1.29, 1.82) is 0 Å². The molecule has 0 saturated heterocycles. The van der Waals surface area contributed by atoms with E-state index in [1.807, 2.05) is 6.07 Å². The summed E-state index contributed by atoms with van der Waals surface area (Å²) >= 11 is 7.77. The Morgan fingerprint density at radius 1 is 1.60 bits per heavy atom. The van der Waals surface area contributed by atoms with Gasteiger partial charge >= 0.3 is 0 Å². The summed E-state index contributed by atoms with van der Waals surface area (Å²) in [6, 6.07) is 1.85. The standard InChI is InChI=1S/C10H15ClN2OS/c1-14-5-2-6-15-10-9(11)8(7-12)3-4-13-10/h3-4H,2,5-7,12H2,1H3. The van der Waals surface area contributed by atoms with E-state index in [0.717, 1.165) is 29.4 Å². The van der Waals surface area contributed by atoms with E-state index >= 15 is 0 Å². The van der Waals surface area contributed by atoms with Crippen LogP contribution < -0.4 is 5.73 Å². The number of pyridine rings is 1. The highest BCUT2D eigenvalue weighted by atomic mass is 35.5. The average molecular weight is 247 g/mol. The molecule has 0 spiro atoms. The molecule has 3 nitrogen and oxygen atoms in total. The lowest BCUT2D eigenvalue weighted by molar-refractivity contribution is 0.200. The lowest BCUT2D eigenvalue weighted by Crippen LogP contribution is -1.99. The van der Waals surface area contributed by atoms with Crippen molar-refractivity contribution in [1.82, 2.24) is 4.98 Å². The molecule has 0 fully saturated rings. The number of thioether (sulfide) groups is 1. The largest absolute Gasteiger partial charge is 0.385 e. The molecule has 0 aliphatic carbocycles. The number of nitrogens with zero attached hydrogens (tertiary/aromatic N) is 1. The summed E-state index contributed by atoms with van der Waals surface area (Å²) in [6.07, 6.45) is 2.73. The first kappa shape index (κ1) is 12.8. The summed E-state index contributed by atoms with van der Waals surface area (Å²) in [4.78, 5) is 4.22. The van der Waals surface area contributed by atoms with Crippen LogP contribution in [0.4, 0.5) is 0 Å². The SMILES string of the molecule is COCCCSc1nccc(CN)c1Cl. The summed E-state index contributed by atoms with van der Waals surface area (Å²) in [7, 11) is 1.70. The topological polar surface area (TPSA) is 48.1 Å². The van der Waals surface area contributed by atoms with Crippen molar-refractivity contribution in [2.45, 2.75) is 18.0 Å². The van der Waals surface area contributed by atoms with Crippen LogP contribution in [-0.4, -0.2) is 24.5 Å². The highest BCUT2D eigenvalue weighted by Gasteiger charge is 2.06. The molecule has 84 valence electrons. The summed E-state index contributed by atoms with van der Waals surface area (Å²) in [6.45, 7) is 1.22. The fourth-order valence-corrected chi connectivity index (χ4v) is 2.29. The van der Waals surface area contributed by atoms with Crippen molar-refractivity contribution in [3.8, 4) is 0 Å². The van der Waals surface area contributed by atoms with Crippen LogP contribution in [0.5, 0.6) is 0 Å². The second-order valence-corrected chi connectivity index (χ2v) is 4.45. The summed E-state index contributed by atoms with van der Waals surface area (Å²) in [5.74, 6) is 0.953. The average Bonchev–Trinajstić information content (AvgIpc) is 2.26. The summed E-state index contributed by atoms with van der Waals surface area (Å²) in [5.41, 5.74) is 6.50. The first-order valence-corrected chi connectivity index (χ1v) is 6.11. The molecule has 1 aromatic rings. The molecule has 0 atom stereocenters. The number of halogens is 1. The monoisotopic (exact) mass is 246 g/mol. The van der Waals surface area contributed by atoms with Gasteiger partial charge < -0.3 is 10.5 Å². The molecule has 0 bridgehead atoms. The predicted molar refractivity (Wildman–Crippen MR) is 64.4 cm³/mol. The Kier molecular flexibility index (Phi) is 6.02. The Hall–Kier alpha value is -0.290. The number of aromatic nitrogens is 1. The van der Waals surface area contributed by atoms with E-state index in [1.54, 1.807) is 25.1 Å².